The molecule has 0 spiro atoms. The number of halogens is 1. The molecule has 0 heterocycles. The van der Waals surface area contributed by atoms with Crippen molar-refractivity contribution in [2.75, 3.05) is 6.61 Å². The quantitative estimate of drug-likeness (QED) is 0.923. The van der Waals surface area contributed by atoms with Crippen molar-refractivity contribution in [1.82, 2.24) is 0 Å². The number of hydrogen-bond donors (Lipinski definition) is 1. The Kier molecular flexibility index (Phi) is 3.19. The van der Waals surface area contributed by atoms with E-state index in [1.807, 2.05) is 6.07 Å². The predicted molar refractivity (Wildman–Crippen MR) is 64.1 cm³/mol. The molecule has 4 heteroatoms. The molecule has 0 atom stereocenters. The zero-order valence-corrected chi connectivity index (χ0v) is 10.6. The van der Waals surface area contributed by atoms with Gasteiger partial charge in [-0.05, 0) is 53.7 Å². The fourth-order valence-corrected chi connectivity index (χ4v) is 2.17. The van der Waals surface area contributed by atoms with Crippen LogP contribution in [0.25, 0.3) is 0 Å². The lowest BCUT2D eigenvalue weighted by atomic mass is 10.1. The van der Waals surface area contributed by atoms with Crippen molar-refractivity contribution in [3.63, 3.8) is 0 Å². The summed E-state index contributed by atoms with van der Waals surface area (Å²) >= 11 is 3.24. The molecule has 1 saturated carbocycles. The summed E-state index contributed by atoms with van der Waals surface area (Å²) in [6, 6.07) is 3.53. The monoisotopic (exact) mass is 284 g/mol. The van der Waals surface area contributed by atoms with Crippen LogP contribution in [0.1, 0.15) is 28.8 Å². The predicted octanol–water partition coefficient (Wildman–Crippen LogP) is 3.24. The smallest absolute Gasteiger partial charge is 0.337 e. The standard InChI is InChI=1S/C12H13BrO3/c1-7-10(16-6-8-2-3-8)5-4-9(13)11(7)12(14)15/h4-5,8H,2-3,6H2,1H3,(H,14,15). The highest BCUT2D eigenvalue weighted by Crippen LogP contribution is 2.32. The van der Waals surface area contributed by atoms with E-state index >= 15 is 0 Å². The highest BCUT2D eigenvalue weighted by atomic mass is 79.9. The maximum Gasteiger partial charge on any atom is 0.337 e. The minimum atomic E-state index is -0.929. The number of carboxylic acids is 1. The molecule has 1 aromatic rings. The summed E-state index contributed by atoms with van der Waals surface area (Å²) in [5, 5.41) is 9.08. The van der Waals surface area contributed by atoms with E-state index in [4.69, 9.17) is 9.84 Å². The minimum Gasteiger partial charge on any atom is -0.493 e. The largest absolute Gasteiger partial charge is 0.493 e. The second-order valence-corrected chi connectivity index (χ2v) is 4.96. The van der Waals surface area contributed by atoms with Crippen molar-refractivity contribution < 1.29 is 14.6 Å². The lowest BCUT2D eigenvalue weighted by molar-refractivity contribution is 0.0694. The maximum atomic E-state index is 11.1. The SMILES string of the molecule is Cc1c(OCC2CC2)ccc(Br)c1C(=O)O. The Bertz CT molecular complexity index is 425. The van der Waals surface area contributed by atoms with Crippen LogP contribution in [0, 0.1) is 12.8 Å². The molecule has 0 bridgehead atoms. The first-order valence-electron chi connectivity index (χ1n) is 5.24. The van der Waals surface area contributed by atoms with E-state index in [1.54, 1.807) is 13.0 Å². The molecule has 1 aliphatic rings. The van der Waals surface area contributed by atoms with Crippen LogP contribution in [0.2, 0.25) is 0 Å². The van der Waals surface area contributed by atoms with E-state index in [0.717, 1.165) is 0 Å². The van der Waals surface area contributed by atoms with Gasteiger partial charge in [0.2, 0.25) is 0 Å². The first-order chi connectivity index (χ1) is 7.59. The lowest BCUT2D eigenvalue weighted by Gasteiger charge is -2.11. The number of hydrogen-bond acceptors (Lipinski definition) is 2. The van der Waals surface area contributed by atoms with E-state index in [9.17, 15) is 4.79 Å². The van der Waals surface area contributed by atoms with Gasteiger partial charge in [-0.25, -0.2) is 4.79 Å². The highest BCUT2D eigenvalue weighted by molar-refractivity contribution is 9.10. The van der Waals surface area contributed by atoms with Crippen molar-refractivity contribution in [2.24, 2.45) is 5.92 Å². The number of ether oxygens (including phenoxy) is 1. The van der Waals surface area contributed by atoms with Crippen LogP contribution in [0.15, 0.2) is 16.6 Å². The van der Waals surface area contributed by atoms with Gasteiger partial charge in [0.05, 0.1) is 12.2 Å². The molecule has 2 rings (SSSR count). The Morgan fingerprint density at radius 1 is 1.56 bits per heavy atom. The van der Waals surface area contributed by atoms with Crippen molar-refractivity contribution in [2.45, 2.75) is 19.8 Å². The summed E-state index contributed by atoms with van der Waals surface area (Å²) in [7, 11) is 0. The molecule has 86 valence electrons. The fourth-order valence-electron chi connectivity index (χ4n) is 1.57. The summed E-state index contributed by atoms with van der Waals surface area (Å²) in [5.41, 5.74) is 0.968. The molecule has 3 nitrogen and oxygen atoms in total. The summed E-state index contributed by atoms with van der Waals surface area (Å²) in [5.74, 6) is 0.407. The molecule has 1 N–H and O–H groups in total. The van der Waals surface area contributed by atoms with Gasteiger partial charge in [-0.2, -0.15) is 0 Å². The molecule has 0 aromatic heterocycles. The first kappa shape index (κ1) is 11.5. The highest BCUT2D eigenvalue weighted by Gasteiger charge is 2.23. The molecule has 1 fully saturated rings. The lowest BCUT2D eigenvalue weighted by Crippen LogP contribution is -2.06. The fraction of sp³-hybridized carbons (Fsp3) is 0.417. The van der Waals surface area contributed by atoms with Gasteiger partial charge < -0.3 is 9.84 Å². The Morgan fingerprint density at radius 2 is 2.25 bits per heavy atom. The van der Waals surface area contributed by atoms with Crippen molar-refractivity contribution >= 4 is 21.9 Å². The van der Waals surface area contributed by atoms with Gasteiger partial charge in [-0.3, -0.25) is 0 Å². The maximum absolute atomic E-state index is 11.1. The van der Waals surface area contributed by atoms with Crippen molar-refractivity contribution in [1.29, 1.82) is 0 Å². The van der Waals surface area contributed by atoms with Crippen LogP contribution < -0.4 is 4.74 Å². The van der Waals surface area contributed by atoms with Crippen LogP contribution >= 0.6 is 15.9 Å². The topological polar surface area (TPSA) is 46.5 Å². The van der Waals surface area contributed by atoms with Gasteiger partial charge in [-0.15, -0.1) is 0 Å². The van der Waals surface area contributed by atoms with Gasteiger partial charge in [0.25, 0.3) is 0 Å². The molecule has 16 heavy (non-hydrogen) atoms. The molecule has 0 unspecified atom stereocenters. The molecular weight excluding hydrogens is 272 g/mol. The van der Waals surface area contributed by atoms with E-state index in [-0.39, 0.29) is 5.56 Å². The summed E-state index contributed by atoms with van der Waals surface area (Å²) in [4.78, 5) is 11.1. The molecule has 0 aliphatic heterocycles. The van der Waals surface area contributed by atoms with Gasteiger partial charge in [0.15, 0.2) is 0 Å². The molecular formula is C12H13BrO3. The summed E-state index contributed by atoms with van der Waals surface area (Å²) < 4.78 is 6.22. The molecule has 0 saturated heterocycles. The number of aromatic carboxylic acids is 1. The molecule has 0 radical (unpaired) electrons. The summed E-state index contributed by atoms with van der Waals surface area (Å²) in [6.45, 7) is 2.47. The zero-order chi connectivity index (χ0) is 11.7. The Labute approximate surface area is 103 Å². The number of benzene rings is 1. The molecule has 0 amide bonds. The van der Waals surface area contributed by atoms with E-state index in [1.165, 1.54) is 12.8 Å². The Hall–Kier alpha value is -1.03. The van der Waals surface area contributed by atoms with Gasteiger partial charge in [-0.1, -0.05) is 0 Å². The van der Waals surface area contributed by atoms with Crippen LogP contribution in [0.3, 0.4) is 0 Å². The molecule has 1 aromatic carbocycles. The number of carbonyl (C=O) groups is 1. The second-order valence-electron chi connectivity index (χ2n) is 4.11. The number of rotatable bonds is 4. The average Bonchev–Trinajstić information content (AvgIpc) is 3.00. The van der Waals surface area contributed by atoms with Crippen LogP contribution in [0.4, 0.5) is 0 Å². The summed E-state index contributed by atoms with van der Waals surface area (Å²) in [6.07, 6.45) is 2.45. The zero-order valence-electron chi connectivity index (χ0n) is 9.00. The minimum absolute atomic E-state index is 0.285. The number of carboxylic acid groups (broad SMARTS) is 1. The normalized spacial score (nSPS) is 14.9. The average molecular weight is 285 g/mol. The second kappa shape index (κ2) is 4.45. The van der Waals surface area contributed by atoms with Crippen LogP contribution in [-0.4, -0.2) is 17.7 Å². The molecule has 1 aliphatic carbocycles. The third kappa shape index (κ3) is 2.38. The van der Waals surface area contributed by atoms with Gasteiger partial charge >= 0.3 is 5.97 Å². The van der Waals surface area contributed by atoms with E-state index in [0.29, 0.717) is 28.3 Å². The van der Waals surface area contributed by atoms with E-state index < -0.39 is 5.97 Å². The van der Waals surface area contributed by atoms with Gasteiger partial charge in [0, 0.05) is 10.0 Å². The van der Waals surface area contributed by atoms with Gasteiger partial charge in [0.1, 0.15) is 5.75 Å². The van der Waals surface area contributed by atoms with Crippen LogP contribution in [-0.2, 0) is 0 Å². The Morgan fingerprint density at radius 3 is 2.81 bits per heavy atom. The first-order valence-corrected chi connectivity index (χ1v) is 6.04. The Balaban J connectivity index is 2.23. The third-order valence-electron chi connectivity index (χ3n) is 2.75. The third-order valence-corrected chi connectivity index (χ3v) is 3.41. The van der Waals surface area contributed by atoms with Crippen molar-refractivity contribution in [3.8, 4) is 5.75 Å². The van der Waals surface area contributed by atoms with Crippen molar-refractivity contribution in [3.05, 3.63) is 27.7 Å². The van der Waals surface area contributed by atoms with Crippen LogP contribution in [0.5, 0.6) is 5.75 Å². The van der Waals surface area contributed by atoms with E-state index in [2.05, 4.69) is 15.9 Å².